The first-order valence-electron chi connectivity index (χ1n) is 7.49. The summed E-state index contributed by atoms with van der Waals surface area (Å²) in [7, 11) is 0. The summed E-state index contributed by atoms with van der Waals surface area (Å²) < 4.78 is 0. The Morgan fingerprint density at radius 1 is 1.04 bits per heavy atom. The number of nitro benzene ring substituents is 2. The summed E-state index contributed by atoms with van der Waals surface area (Å²) in [6.45, 7) is 0. The van der Waals surface area contributed by atoms with Gasteiger partial charge >= 0.3 is 5.69 Å². The van der Waals surface area contributed by atoms with Gasteiger partial charge in [0, 0.05) is 12.3 Å². The van der Waals surface area contributed by atoms with Crippen molar-refractivity contribution in [2.75, 3.05) is 5.43 Å². The van der Waals surface area contributed by atoms with Crippen molar-refractivity contribution >= 4 is 23.3 Å². The highest BCUT2D eigenvalue weighted by atomic mass is 16.6. The summed E-state index contributed by atoms with van der Waals surface area (Å²) in [4.78, 5) is 20.3. The second-order valence-corrected chi connectivity index (χ2v) is 5.06. The molecule has 25 heavy (non-hydrogen) atoms. The average Bonchev–Trinajstić information content (AvgIpc) is 2.61. The van der Waals surface area contributed by atoms with E-state index in [0.29, 0.717) is 0 Å². The molecule has 8 heteroatoms. The molecular formula is C17H16N4O4. The first kappa shape index (κ1) is 17.8. The van der Waals surface area contributed by atoms with E-state index in [1.807, 2.05) is 24.3 Å². The Morgan fingerprint density at radius 2 is 1.80 bits per heavy atom. The van der Waals surface area contributed by atoms with Crippen LogP contribution in [0.1, 0.15) is 12.0 Å². The monoisotopic (exact) mass is 340 g/mol. The molecule has 0 fully saturated rings. The van der Waals surface area contributed by atoms with Gasteiger partial charge in [-0.25, -0.2) is 0 Å². The van der Waals surface area contributed by atoms with Gasteiger partial charge in [-0.3, -0.25) is 25.7 Å². The van der Waals surface area contributed by atoms with E-state index in [-0.39, 0.29) is 11.4 Å². The summed E-state index contributed by atoms with van der Waals surface area (Å²) in [5.41, 5.74) is 3.10. The van der Waals surface area contributed by atoms with Gasteiger partial charge in [0.15, 0.2) is 0 Å². The van der Waals surface area contributed by atoms with Crippen LogP contribution in [0.4, 0.5) is 17.1 Å². The van der Waals surface area contributed by atoms with Crippen molar-refractivity contribution in [2.45, 2.75) is 12.8 Å². The largest absolute Gasteiger partial charge is 0.301 e. The van der Waals surface area contributed by atoms with E-state index in [0.717, 1.165) is 18.9 Å². The number of hydrogen-bond donors (Lipinski definition) is 1. The molecule has 2 rings (SSSR count). The molecule has 0 unspecified atom stereocenters. The van der Waals surface area contributed by atoms with Crippen molar-refractivity contribution in [3.63, 3.8) is 0 Å². The van der Waals surface area contributed by atoms with E-state index in [2.05, 4.69) is 22.7 Å². The molecule has 0 aliphatic heterocycles. The highest BCUT2D eigenvalue weighted by molar-refractivity contribution is 5.73. The van der Waals surface area contributed by atoms with Crippen LogP contribution in [0, 0.1) is 20.2 Å². The molecule has 0 heterocycles. The van der Waals surface area contributed by atoms with Crippen molar-refractivity contribution in [1.82, 2.24) is 0 Å². The number of hydrogen-bond acceptors (Lipinski definition) is 6. The van der Waals surface area contributed by atoms with Gasteiger partial charge < -0.3 is 0 Å². The van der Waals surface area contributed by atoms with E-state index in [4.69, 9.17) is 0 Å². The normalized spacial score (nSPS) is 11.0. The van der Waals surface area contributed by atoms with E-state index < -0.39 is 15.5 Å². The zero-order valence-corrected chi connectivity index (χ0v) is 13.2. The fraction of sp³-hybridized carbons (Fsp3) is 0.118. The fourth-order valence-corrected chi connectivity index (χ4v) is 2.08. The second-order valence-electron chi connectivity index (χ2n) is 5.06. The number of non-ortho nitro benzene ring substituents is 1. The van der Waals surface area contributed by atoms with Crippen LogP contribution >= 0.6 is 0 Å². The average molecular weight is 340 g/mol. The maximum atomic E-state index is 11.0. The van der Waals surface area contributed by atoms with Gasteiger partial charge in [-0.05, 0) is 30.5 Å². The molecule has 0 aliphatic rings. The number of allylic oxidation sites excluding steroid dienone is 2. The van der Waals surface area contributed by atoms with Crippen molar-refractivity contribution in [2.24, 2.45) is 5.10 Å². The molecule has 2 aromatic rings. The van der Waals surface area contributed by atoms with Crippen molar-refractivity contribution in [3.8, 4) is 0 Å². The molecule has 0 saturated carbocycles. The third-order valence-electron chi connectivity index (χ3n) is 3.31. The maximum Gasteiger partial charge on any atom is 0.301 e. The van der Waals surface area contributed by atoms with Crippen LogP contribution in [0.25, 0.3) is 0 Å². The minimum Gasteiger partial charge on any atom is -0.272 e. The lowest BCUT2D eigenvalue weighted by Gasteiger charge is -2.01. The summed E-state index contributed by atoms with van der Waals surface area (Å²) in [6.07, 6.45) is 6.88. The number of rotatable bonds is 8. The summed E-state index contributed by atoms with van der Waals surface area (Å²) in [6, 6.07) is 13.4. The number of benzene rings is 2. The van der Waals surface area contributed by atoms with Crippen molar-refractivity contribution in [1.29, 1.82) is 0 Å². The van der Waals surface area contributed by atoms with Gasteiger partial charge in [0.05, 0.1) is 15.9 Å². The molecule has 0 amide bonds. The summed E-state index contributed by atoms with van der Waals surface area (Å²) in [5, 5.41) is 25.5. The van der Waals surface area contributed by atoms with E-state index in [1.165, 1.54) is 23.9 Å². The topological polar surface area (TPSA) is 111 Å². The third-order valence-corrected chi connectivity index (χ3v) is 3.31. The first-order valence-corrected chi connectivity index (χ1v) is 7.49. The maximum absolute atomic E-state index is 11.0. The van der Waals surface area contributed by atoms with E-state index in [9.17, 15) is 20.2 Å². The molecule has 1 N–H and O–H groups in total. The summed E-state index contributed by atoms with van der Waals surface area (Å²) in [5.74, 6) is 0. The number of nitrogens with one attached hydrogen (secondary N) is 1. The van der Waals surface area contributed by atoms with Gasteiger partial charge in [0.1, 0.15) is 5.69 Å². The Labute approximate surface area is 143 Å². The highest BCUT2D eigenvalue weighted by Gasteiger charge is 2.18. The Morgan fingerprint density at radius 3 is 2.48 bits per heavy atom. The number of hydrazone groups is 1. The Hall–Kier alpha value is -3.55. The Kier molecular flexibility index (Phi) is 6.35. The van der Waals surface area contributed by atoms with Gasteiger partial charge in [-0.1, -0.05) is 36.4 Å². The van der Waals surface area contributed by atoms with Gasteiger partial charge in [0.25, 0.3) is 5.69 Å². The van der Waals surface area contributed by atoms with Gasteiger partial charge in [0.2, 0.25) is 0 Å². The standard InChI is InChI=1S/C17H16N4O4/c22-20(23)15-10-11-16(17(13-15)21(24)25)19-18-12-6-2-5-9-14-7-3-1-4-8-14/h1-4,6-8,10-13,19H,5,9H2. The minimum atomic E-state index is -0.694. The molecule has 2 aromatic carbocycles. The number of aryl methyl sites for hydroxylation is 1. The Balaban J connectivity index is 1.89. The third kappa shape index (κ3) is 5.54. The van der Waals surface area contributed by atoms with Crippen LogP contribution in [0.2, 0.25) is 0 Å². The zero-order valence-electron chi connectivity index (χ0n) is 13.2. The fourth-order valence-electron chi connectivity index (χ4n) is 2.08. The van der Waals surface area contributed by atoms with Crippen LogP contribution in [-0.4, -0.2) is 16.1 Å². The minimum absolute atomic E-state index is 0.0875. The zero-order chi connectivity index (χ0) is 18.1. The van der Waals surface area contributed by atoms with Crippen LogP contribution in [-0.2, 0) is 6.42 Å². The number of nitro groups is 2. The van der Waals surface area contributed by atoms with Gasteiger partial charge in [-0.2, -0.15) is 5.10 Å². The quantitative estimate of drug-likeness (QED) is 0.442. The molecule has 0 spiro atoms. The smallest absolute Gasteiger partial charge is 0.272 e. The molecule has 0 saturated heterocycles. The van der Waals surface area contributed by atoms with Crippen molar-refractivity contribution < 1.29 is 9.85 Å². The van der Waals surface area contributed by atoms with E-state index >= 15 is 0 Å². The van der Waals surface area contributed by atoms with Gasteiger partial charge in [-0.15, -0.1) is 0 Å². The molecule has 0 aliphatic carbocycles. The lowest BCUT2D eigenvalue weighted by Crippen LogP contribution is -1.98. The SMILES string of the molecule is O=[N+]([O-])c1ccc(NN=CC=CCCc2ccccc2)c([N+](=O)[O-])c1. The molecule has 0 radical (unpaired) electrons. The second kappa shape index (κ2) is 8.92. The lowest BCUT2D eigenvalue weighted by atomic mass is 10.1. The molecule has 0 atom stereocenters. The van der Waals surface area contributed by atoms with Crippen LogP contribution in [0.3, 0.4) is 0 Å². The summed E-state index contributed by atoms with van der Waals surface area (Å²) >= 11 is 0. The molecule has 128 valence electrons. The Bertz CT molecular complexity index is 804. The van der Waals surface area contributed by atoms with Crippen LogP contribution in [0.5, 0.6) is 0 Å². The number of anilines is 1. The predicted molar refractivity (Wildman–Crippen MR) is 95.8 cm³/mol. The number of nitrogens with zero attached hydrogens (tertiary/aromatic N) is 3. The molecule has 0 bridgehead atoms. The predicted octanol–water partition coefficient (Wildman–Crippen LogP) is 4.09. The first-order chi connectivity index (χ1) is 12.1. The lowest BCUT2D eigenvalue weighted by molar-refractivity contribution is -0.393. The van der Waals surface area contributed by atoms with Crippen LogP contribution in [0.15, 0.2) is 65.8 Å². The van der Waals surface area contributed by atoms with Crippen LogP contribution < -0.4 is 5.43 Å². The molecule has 0 aromatic heterocycles. The highest BCUT2D eigenvalue weighted by Crippen LogP contribution is 2.28. The van der Waals surface area contributed by atoms with Crippen molar-refractivity contribution in [3.05, 3.63) is 86.5 Å². The molecular weight excluding hydrogens is 324 g/mol. The molecule has 8 nitrogen and oxygen atoms in total. The van der Waals surface area contributed by atoms with E-state index in [1.54, 1.807) is 6.08 Å².